The van der Waals surface area contributed by atoms with Crippen LogP contribution >= 0.6 is 31.9 Å². The number of rotatable bonds is 4. The van der Waals surface area contributed by atoms with Gasteiger partial charge in [-0.2, -0.15) is 0 Å². The molecule has 2 heterocycles. The molecule has 2 aromatic heterocycles. The van der Waals surface area contributed by atoms with E-state index in [1.54, 1.807) is 24.4 Å². The summed E-state index contributed by atoms with van der Waals surface area (Å²) in [4.78, 5) is 22.4. The Morgan fingerprint density at radius 1 is 1.55 bits per heavy atom. The number of halogens is 2. The predicted molar refractivity (Wildman–Crippen MR) is 79.5 cm³/mol. The van der Waals surface area contributed by atoms with Crippen LogP contribution in [0.5, 0.6) is 0 Å². The summed E-state index contributed by atoms with van der Waals surface area (Å²) in [6, 6.07) is 1.70. The van der Waals surface area contributed by atoms with E-state index in [2.05, 4.69) is 52.1 Å². The van der Waals surface area contributed by atoms with Gasteiger partial charge in [0.2, 0.25) is 0 Å². The number of aromatic nitrogens is 3. The standard InChI is InChI=1S/C11H11Br2N5O.Na/c12-7-4-8(18-9(7)13)10(19)15-3-1-2-6-5-16-11(14)17-6;/h1-2,4-5H,3H2,(H5,14,15,16,17,18,19);/q;+1/p-1/b2-1+;. The van der Waals surface area contributed by atoms with Crippen LogP contribution in [0, 0.1) is 0 Å². The number of hydrogen-bond acceptors (Lipinski definition) is 3. The Morgan fingerprint density at radius 3 is 2.85 bits per heavy atom. The van der Waals surface area contributed by atoms with Crippen LogP contribution in [0.4, 0.5) is 5.95 Å². The van der Waals surface area contributed by atoms with Crippen molar-refractivity contribution < 1.29 is 34.4 Å². The Hall–Kier alpha value is -0.540. The molecule has 0 fully saturated rings. The summed E-state index contributed by atoms with van der Waals surface area (Å²) in [6.07, 6.45) is 5.07. The zero-order valence-electron chi connectivity index (χ0n) is 10.7. The third kappa shape index (κ3) is 4.78. The number of carbonyl (C=O) groups is 1. The van der Waals surface area contributed by atoms with Crippen LogP contribution in [0.15, 0.2) is 27.4 Å². The maximum atomic E-state index is 11.8. The van der Waals surface area contributed by atoms with E-state index in [0.717, 1.165) is 9.08 Å². The Balaban J connectivity index is 0.00000200. The molecule has 0 unspecified atom stereocenters. The van der Waals surface area contributed by atoms with Crippen LogP contribution in [-0.2, 0) is 0 Å². The Kier molecular flexibility index (Phi) is 7.04. The van der Waals surface area contributed by atoms with Gasteiger partial charge in [0.05, 0.1) is 9.08 Å². The number of nitrogens with one attached hydrogen (secondary N) is 2. The van der Waals surface area contributed by atoms with Gasteiger partial charge in [-0.05, 0) is 49.8 Å². The minimum atomic E-state index is -0.191. The molecule has 2 rings (SSSR count). The average molecular weight is 411 g/mol. The van der Waals surface area contributed by atoms with Gasteiger partial charge in [-0.3, -0.25) is 4.79 Å². The number of anilines is 1. The Bertz CT molecular complexity index is 603. The summed E-state index contributed by atoms with van der Waals surface area (Å²) in [6.45, 7) is 0.389. The number of hydrogen-bond donors (Lipinski definition) is 3. The molecule has 0 saturated carbocycles. The number of nitrogen functional groups attached to an aromatic ring is 1. The van der Waals surface area contributed by atoms with Gasteiger partial charge in [-0.1, -0.05) is 12.2 Å². The van der Waals surface area contributed by atoms with Gasteiger partial charge in [-0.25, -0.2) is 0 Å². The van der Waals surface area contributed by atoms with Gasteiger partial charge in [0.1, 0.15) is 5.69 Å². The largest absolute Gasteiger partial charge is 1.00 e. The first-order chi connectivity index (χ1) is 9.06. The van der Waals surface area contributed by atoms with E-state index in [9.17, 15) is 4.79 Å². The number of carbonyl (C=O) groups excluding carboxylic acids is 1. The van der Waals surface area contributed by atoms with Crippen molar-refractivity contribution in [2.75, 3.05) is 12.3 Å². The Labute approximate surface area is 154 Å². The SMILES string of the molecule is Nc1nc(/C=C/CNC(=O)c2cc(Br)c(Br)[nH]2)c[n-]1.[Na+]. The Morgan fingerprint density at radius 2 is 2.30 bits per heavy atom. The summed E-state index contributed by atoms with van der Waals surface area (Å²) < 4.78 is 1.53. The van der Waals surface area contributed by atoms with E-state index < -0.39 is 0 Å². The van der Waals surface area contributed by atoms with Gasteiger partial charge in [-0.15, -0.1) is 0 Å². The molecule has 0 saturated heterocycles. The fourth-order valence-electron chi connectivity index (χ4n) is 1.36. The molecule has 0 aliphatic rings. The molecule has 1 amide bonds. The smallest absolute Gasteiger partial charge is 0.453 e. The summed E-state index contributed by atoms with van der Waals surface area (Å²) in [5.74, 6) is 0.0499. The molecule has 0 aliphatic heterocycles. The molecule has 0 radical (unpaired) electrons. The number of nitrogens with two attached hydrogens (primary N) is 1. The summed E-state index contributed by atoms with van der Waals surface area (Å²) in [5.41, 5.74) is 6.53. The minimum absolute atomic E-state index is 0. The average Bonchev–Trinajstić information content (AvgIpc) is 2.92. The minimum Gasteiger partial charge on any atom is -0.453 e. The zero-order chi connectivity index (χ0) is 13.8. The van der Waals surface area contributed by atoms with Crippen molar-refractivity contribution in [1.82, 2.24) is 20.3 Å². The number of H-pyrrole nitrogens is 1. The van der Waals surface area contributed by atoms with Gasteiger partial charge >= 0.3 is 29.6 Å². The van der Waals surface area contributed by atoms with Gasteiger partial charge < -0.3 is 26.0 Å². The fourth-order valence-corrected chi connectivity index (χ4v) is 2.01. The zero-order valence-corrected chi connectivity index (χ0v) is 15.8. The molecular formula is C11H10Br2N5NaO. The fraction of sp³-hybridized carbons (Fsp3) is 0.0909. The topological polar surface area (TPSA) is 97.9 Å². The van der Waals surface area contributed by atoms with Crippen LogP contribution in [0.25, 0.3) is 6.08 Å². The van der Waals surface area contributed by atoms with Crippen molar-refractivity contribution in [2.24, 2.45) is 0 Å². The molecule has 0 atom stereocenters. The molecular weight excluding hydrogens is 401 g/mol. The van der Waals surface area contributed by atoms with Crippen LogP contribution in [-0.4, -0.2) is 22.4 Å². The van der Waals surface area contributed by atoms with E-state index in [-0.39, 0.29) is 41.4 Å². The van der Waals surface area contributed by atoms with Crippen LogP contribution in [0.3, 0.4) is 0 Å². The normalized spacial score (nSPS) is 10.5. The quantitative estimate of drug-likeness (QED) is 0.558. The van der Waals surface area contributed by atoms with Gasteiger partial charge in [0.15, 0.2) is 0 Å². The second-order valence-corrected chi connectivity index (χ2v) is 5.26. The molecule has 2 aromatic rings. The molecule has 0 aliphatic carbocycles. The second-order valence-electron chi connectivity index (χ2n) is 3.61. The van der Waals surface area contributed by atoms with Crippen molar-refractivity contribution in [3.8, 4) is 0 Å². The van der Waals surface area contributed by atoms with Gasteiger partial charge in [0.25, 0.3) is 5.91 Å². The van der Waals surface area contributed by atoms with Crippen molar-refractivity contribution >= 4 is 49.8 Å². The van der Waals surface area contributed by atoms with Crippen LogP contribution in [0.1, 0.15) is 16.2 Å². The van der Waals surface area contributed by atoms with E-state index >= 15 is 0 Å². The third-order valence-electron chi connectivity index (χ3n) is 2.21. The third-order valence-corrected chi connectivity index (χ3v) is 3.99. The first-order valence-corrected chi connectivity index (χ1v) is 6.89. The van der Waals surface area contributed by atoms with Crippen LogP contribution < -0.4 is 45.6 Å². The summed E-state index contributed by atoms with van der Waals surface area (Å²) >= 11 is 6.58. The maximum absolute atomic E-state index is 11.8. The monoisotopic (exact) mass is 409 g/mol. The molecule has 0 aromatic carbocycles. The van der Waals surface area contributed by atoms with E-state index in [0.29, 0.717) is 17.9 Å². The molecule has 6 nitrogen and oxygen atoms in total. The summed E-state index contributed by atoms with van der Waals surface area (Å²) in [5, 5.41) is 2.74. The maximum Gasteiger partial charge on any atom is 1.00 e. The van der Waals surface area contributed by atoms with E-state index in [4.69, 9.17) is 5.73 Å². The molecule has 0 bridgehead atoms. The van der Waals surface area contributed by atoms with Crippen molar-refractivity contribution in [3.05, 3.63) is 38.8 Å². The number of imidazole rings is 1. The number of nitrogens with zero attached hydrogens (tertiary/aromatic N) is 2. The first kappa shape index (κ1) is 17.5. The first-order valence-electron chi connectivity index (χ1n) is 5.30. The van der Waals surface area contributed by atoms with Gasteiger partial charge in [0, 0.05) is 12.5 Å². The van der Waals surface area contributed by atoms with E-state index in [1.165, 1.54) is 0 Å². The molecule has 0 spiro atoms. The number of amides is 1. The second kappa shape index (κ2) is 8.04. The van der Waals surface area contributed by atoms with Crippen LogP contribution in [0.2, 0.25) is 0 Å². The molecule has 9 heteroatoms. The van der Waals surface area contributed by atoms with Crippen molar-refractivity contribution in [2.45, 2.75) is 0 Å². The van der Waals surface area contributed by atoms with E-state index in [1.807, 2.05) is 0 Å². The van der Waals surface area contributed by atoms with Crippen molar-refractivity contribution in [3.63, 3.8) is 0 Å². The van der Waals surface area contributed by atoms with Crippen molar-refractivity contribution in [1.29, 1.82) is 0 Å². The molecule has 4 N–H and O–H groups in total. The molecule has 100 valence electrons. The number of aromatic amines is 1. The molecule has 20 heavy (non-hydrogen) atoms. The summed E-state index contributed by atoms with van der Waals surface area (Å²) in [7, 11) is 0. The predicted octanol–water partition coefficient (Wildman–Crippen LogP) is -1.08.